The average Bonchev–Trinajstić information content (AvgIpc) is 2.83. The van der Waals surface area contributed by atoms with E-state index in [4.69, 9.17) is 23.2 Å². The number of hydrogen-bond donors (Lipinski definition) is 0. The molecule has 0 amide bonds. The van der Waals surface area contributed by atoms with Crippen molar-refractivity contribution >= 4 is 33.3 Å². The van der Waals surface area contributed by atoms with Crippen molar-refractivity contribution in [3.8, 4) is 0 Å². The van der Waals surface area contributed by atoms with Gasteiger partial charge in [-0.05, 0) is 69.9 Å². The molecule has 2 rings (SSSR count). The van der Waals surface area contributed by atoms with Crippen molar-refractivity contribution in [2.24, 2.45) is 0 Å². The Morgan fingerprint density at radius 1 is 0.886 bits per heavy atom. The smallest absolute Gasteiger partial charge is 0.124 e. The van der Waals surface area contributed by atoms with Gasteiger partial charge in [0, 0.05) is 0 Å². The summed E-state index contributed by atoms with van der Waals surface area (Å²) in [5.41, 5.74) is 2.03. The minimum absolute atomic E-state index is 0.178. The third-order valence-electron chi connectivity index (χ3n) is 6.42. The van der Waals surface area contributed by atoms with Crippen LogP contribution in [-0.2, 0) is 16.5 Å². The fourth-order valence-electron chi connectivity index (χ4n) is 3.86. The van der Waals surface area contributed by atoms with E-state index in [9.17, 15) is 13.0 Å². The first kappa shape index (κ1) is 31.7. The predicted octanol–water partition coefficient (Wildman–Crippen LogP) is 7.82. The molecular weight excluding hydrogens is 501 g/mol. The zero-order valence-corrected chi connectivity index (χ0v) is 23.9. The fourth-order valence-corrected chi connectivity index (χ4v) is 4.73. The minimum Gasteiger partial charge on any atom is -0.744 e. The minimum atomic E-state index is -4.27. The second kappa shape index (κ2) is 16.4. The first-order valence-corrected chi connectivity index (χ1v) is 14.7. The molecule has 0 fully saturated rings. The topological polar surface area (TPSA) is 57.2 Å². The number of quaternary nitrogens is 1. The lowest BCUT2D eigenvalue weighted by atomic mass is 10.1. The molecule has 2 aromatic carbocycles. The zero-order chi connectivity index (χ0) is 26.3. The molecule has 0 saturated carbocycles. The van der Waals surface area contributed by atoms with Gasteiger partial charge in [0.15, 0.2) is 0 Å². The Morgan fingerprint density at radius 3 is 2.09 bits per heavy atom. The molecule has 0 aliphatic carbocycles. The highest BCUT2D eigenvalue weighted by Crippen LogP contribution is 2.26. The molecule has 0 spiro atoms. The van der Waals surface area contributed by atoms with Gasteiger partial charge in [-0.1, -0.05) is 85.3 Å². The van der Waals surface area contributed by atoms with Crippen LogP contribution >= 0.6 is 23.2 Å². The molecular formula is C28H41Cl2NO3S. The van der Waals surface area contributed by atoms with E-state index in [-0.39, 0.29) is 4.90 Å². The number of nitrogens with zero attached hydrogens (tertiary/aromatic N) is 1. The van der Waals surface area contributed by atoms with Gasteiger partial charge in [0.25, 0.3) is 0 Å². The lowest BCUT2D eigenvalue weighted by Gasteiger charge is -2.36. The molecule has 4 nitrogen and oxygen atoms in total. The molecule has 0 aromatic heterocycles. The molecule has 0 bridgehead atoms. The third-order valence-corrected chi connectivity index (χ3v) is 8.12. The van der Waals surface area contributed by atoms with Crippen LogP contribution in [0.1, 0.15) is 64.0 Å². The van der Waals surface area contributed by atoms with Gasteiger partial charge in [0.1, 0.15) is 10.1 Å². The summed E-state index contributed by atoms with van der Waals surface area (Å²) in [7, 11) is -4.27. The highest BCUT2D eigenvalue weighted by atomic mass is 35.5. The summed E-state index contributed by atoms with van der Waals surface area (Å²) in [5.74, 6) is 0. The maximum atomic E-state index is 10.4. The number of benzene rings is 2. The lowest BCUT2D eigenvalue weighted by Crippen LogP contribution is -2.48. The Labute approximate surface area is 223 Å². The Kier molecular flexibility index (Phi) is 14.8. The van der Waals surface area contributed by atoms with Crippen molar-refractivity contribution in [1.82, 2.24) is 0 Å². The molecule has 0 atom stereocenters. The molecule has 35 heavy (non-hydrogen) atoms. The van der Waals surface area contributed by atoms with Crippen LogP contribution in [0, 0.1) is 6.92 Å². The summed E-state index contributed by atoms with van der Waals surface area (Å²) >= 11 is 12.3. The van der Waals surface area contributed by atoms with Gasteiger partial charge < -0.3 is 9.04 Å². The van der Waals surface area contributed by atoms with Gasteiger partial charge in [-0.2, -0.15) is 0 Å². The van der Waals surface area contributed by atoms with E-state index in [0.29, 0.717) is 10.0 Å². The highest BCUT2D eigenvalue weighted by molar-refractivity contribution is 7.85. The summed E-state index contributed by atoms with van der Waals surface area (Å²) in [6.45, 7) is 13.5. The number of aryl methyl sites for hydroxylation is 1. The van der Waals surface area contributed by atoms with E-state index in [1.165, 1.54) is 68.4 Å². The summed E-state index contributed by atoms with van der Waals surface area (Å²) < 4.78 is 32.4. The summed E-state index contributed by atoms with van der Waals surface area (Å²) in [6.07, 6.45) is 12.2. The average molecular weight is 543 g/mol. The number of rotatable bonds is 13. The van der Waals surface area contributed by atoms with Crippen molar-refractivity contribution in [1.29, 1.82) is 0 Å². The molecule has 0 saturated heterocycles. The van der Waals surface area contributed by atoms with Gasteiger partial charge in [-0.3, -0.25) is 0 Å². The molecule has 0 N–H and O–H groups in total. The normalized spacial score (nSPS) is 12.0. The van der Waals surface area contributed by atoms with Crippen LogP contribution in [0.4, 0.5) is 0 Å². The molecule has 0 heterocycles. The first-order chi connectivity index (χ1) is 16.6. The molecule has 0 unspecified atom stereocenters. The standard InChI is InChI=1S/C21H34Cl2N.C7H8O3S/c1-4-7-8-9-11-17-24(5-2,6-3)18-12-10-14-19-15-13-16-20(22)21(19)23;1-6-2-4-7(5-3-6)11(8,9)10/h10,12-13,15-16H,4-9,11,14,17-18H2,1-3H3;2-5H,1H3,(H,8,9,10)/q+1;/p-1/b12-10+;. The summed E-state index contributed by atoms with van der Waals surface area (Å²) in [4.78, 5) is -0.178. The van der Waals surface area contributed by atoms with Crippen molar-refractivity contribution in [3.05, 3.63) is 75.8 Å². The second-order valence-corrected chi connectivity index (χ2v) is 11.1. The maximum Gasteiger partial charge on any atom is 0.124 e. The molecule has 7 heteroatoms. The van der Waals surface area contributed by atoms with Crippen LogP contribution in [0.5, 0.6) is 0 Å². The zero-order valence-electron chi connectivity index (χ0n) is 21.6. The monoisotopic (exact) mass is 541 g/mol. The van der Waals surface area contributed by atoms with Crippen LogP contribution in [0.3, 0.4) is 0 Å². The van der Waals surface area contributed by atoms with Crippen LogP contribution in [0.2, 0.25) is 10.0 Å². The summed E-state index contributed by atoms with van der Waals surface area (Å²) in [5, 5.41) is 1.33. The van der Waals surface area contributed by atoms with Crippen LogP contribution in [0.25, 0.3) is 0 Å². The van der Waals surface area contributed by atoms with E-state index in [2.05, 4.69) is 32.9 Å². The molecule has 0 aliphatic rings. The van der Waals surface area contributed by atoms with E-state index in [0.717, 1.165) is 24.1 Å². The lowest BCUT2D eigenvalue weighted by molar-refractivity contribution is -0.919. The third kappa shape index (κ3) is 11.9. The predicted molar refractivity (Wildman–Crippen MR) is 148 cm³/mol. The largest absolute Gasteiger partial charge is 0.744 e. The maximum absolute atomic E-state index is 10.4. The van der Waals surface area contributed by atoms with E-state index < -0.39 is 10.1 Å². The van der Waals surface area contributed by atoms with Gasteiger partial charge in [0.2, 0.25) is 0 Å². The van der Waals surface area contributed by atoms with E-state index in [1.54, 1.807) is 12.1 Å². The first-order valence-electron chi connectivity index (χ1n) is 12.5. The number of unbranched alkanes of at least 4 members (excludes halogenated alkanes) is 4. The molecule has 2 aromatic rings. The Morgan fingerprint density at radius 2 is 1.51 bits per heavy atom. The van der Waals surface area contributed by atoms with Crippen molar-refractivity contribution in [3.63, 3.8) is 0 Å². The number of hydrogen-bond acceptors (Lipinski definition) is 3. The Bertz CT molecular complexity index is 1000. The SMILES string of the molecule is CCCCCCC[N+](CC)(CC)C/C=C/Cc1cccc(Cl)c1Cl.Cc1ccc(S(=O)(=O)[O-])cc1. The van der Waals surface area contributed by atoms with E-state index >= 15 is 0 Å². The van der Waals surface area contributed by atoms with Crippen LogP contribution in [0.15, 0.2) is 59.5 Å². The van der Waals surface area contributed by atoms with Crippen LogP contribution in [-0.4, -0.2) is 43.6 Å². The van der Waals surface area contributed by atoms with Gasteiger partial charge in [0.05, 0.1) is 41.1 Å². The van der Waals surface area contributed by atoms with Crippen molar-refractivity contribution < 1.29 is 17.5 Å². The van der Waals surface area contributed by atoms with Gasteiger partial charge in [-0.15, -0.1) is 0 Å². The summed E-state index contributed by atoms with van der Waals surface area (Å²) in [6, 6.07) is 11.6. The number of halogens is 2. The molecule has 0 aliphatic heterocycles. The number of allylic oxidation sites excluding steroid dienone is 1. The van der Waals surface area contributed by atoms with Gasteiger partial charge >= 0.3 is 0 Å². The van der Waals surface area contributed by atoms with Gasteiger partial charge in [-0.25, -0.2) is 8.42 Å². The van der Waals surface area contributed by atoms with Crippen LogP contribution < -0.4 is 0 Å². The quantitative estimate of drug-likeness (QED) is 0.112. The van der Waals surface area contributed by atoms with Crippen molar-refractivity contribution in [2.45, 2.75) is 71.1 Å². The molecule has 196 valence electrons. The fraction of sp³-hybridized carbons (Fsp3) is 0.500. The highest BCUT2D eigenvalue weighted by Gasteiger charge is 2.20. The second-order valence-electron chi connectivity index (χ2n) is 8.95. The number of likely N-dealkylation sites (N-methyl/N-ethyl adjacent to an activating group) is 1. The van der Waals surface area contributed by atoms with E-state index in [1.807, 2.05) is 25.1 Å². The Balaban J connectivity index is 0.000000462. The van der Waals surface area contributed by atoms with Crippen molar-refractivity contribution in [2.75, 3.05) is 26.2 Å². The Hall–Kier alpha value is -1.37. The molecule has 0 radical (unpaired) electrons.